The maximum Gasteiger partial charge on any atom is 0.279 e. The van der Waals surface area contributed by atoms with E-state index < -0.39 is 0 Å². The lowest BCUT2D eigenvalue weighted by atomic mass is 10.1. The highest BCUT2D eigenvalue weighted by Gasteiger charge is 2.20. The average molecular weight is 440 g/mol. The second-order valence-electron chi connectivity index (χ2n) is 7.39. The van der Waals surface area contributed by atoms with Crippen molar-refractivity contribution in [3.63, 3.8) is 0 Å². The van der Waals surface area contributed by atoms with Gasteiger partial charge in [0.05, 0.1) is 25.3 Å². The number of ether oxygens (including phenoxy) is 2. The van der Waals surface area contributed by atoms with Gasteiger partial charge in [-0.05, 0) is 42.8 Å². The highest BCUT2D eigenvalue weighted by atomic mass is 16.5. The van der Waals surface area contributed by atoms with Crippen LogP contribution >= 0.6 is 0 Å². The van der Waals surface area contributed by atoms with E-state index in [4.69, 9.17) is 14.0 Å². The number of fused-ring (bicyclic) bond motifs is 1. The molecule has 8 nitrogen and oxygen atoms in total. The van der Waals surface area contributed by atoms with Gasteiger partial charge in [0.25, 0.3) is 11.4 Å². The summed E-state index contributed by atoms with van der Waals surface area (Å²) in [6.45, 7) is 1.93. The van der Waals surface area contributed by atoms with Crippen molar-refractivity contribution in [3.05, 3.63) is 82.6 Å². The van der Waals surface area contributed by atoms with Crippen molar-refractivity contribution in [2.75, 3.05) is 14.2 Å². The SMILES string of the molecule is COc1ccc(-c2noc(-c3nn(-c4ccccc4C)c(=O)c4ccccc34)n2)cc1OC. The fourth-order valence-corrected chi connectivity index (χ4v) is 3.72. The molecule has 0 radical (unpaired) electrons. The molecule has 3 aromatic carbocycles. The van der Waals surface area contributed by atoms with E-state index in [-0.39, 0.29) is 11.4 Å². The third-order valence-electron chi connectivity index (χ3n) is 5.42. The quantitative estimate of drug-likeness (QED) is 0.399. The van der Waals surface area contributed by atoms with Gasteiger partial charge in [0.15, 0.2) is 17.2 Å². The average Bonchev–Trinajstić information content (AvgIpc) is 3.35. The number of benzene rings is 3. The first-order valence-corrected chi connectivity index (χ1v) is 10.2. The van der Waals surface area contributed by atoms with E-state index in [0.29, 0.717) is 45.0 Å². The number of nitrogens with zero attached hydrogens (tertiary/aromatic N) is 4. The first kappa shape index (κ1) is 20.4. The standard InChI is InChI=1S/C25H20N4O4/c1-15-8-4-7-11-19(15)29-25(30)18-10-6-5-9-17(18)22(27-29)24-26-23(28-33-24)16-12-13-20(31-2)21(14-16)32-3/h4-14H,1-3H3. The van der Waals surface area contributed by atoms with Crippen molar-refractivity contribution in [2.45, 2.75) is 6.92 Å². The molecule has 0 saturated heterocycles. The summed E-state index contributed by atoms with van der Waals surface area (Å²) in [5.74, 6) is 1.73. The van der Waals surface area contributed by atoms with Crippen LogP contribution in [0.4, 0.5) is 0 Å². The Kier molecular flexibility index (Phi) is 5.10. The van der Waals surface area contributed by atoms with Crippen LogP contribution in [0.3, 0.4) is 0 Å². The van der Waals surface area contributed by atoms with Crippen LogP contribution < -0.4 is 15.0 Å². The zero-order valence-electron chi connectivity index (χ0n) is 18.3. The first-order valence-electron chi connectivity index (χ1n) is 10.2. The molecule has 0 fully saturated rings. The van der Waals surface area contributed by atoms with Gasteiger partial charge in [0.1, 0.15) is 0 Å². The van der Waals surface area contributed by atoms with Crippen LogP contribution in [0.1, 0.15) is 5.56 Å². The number of aryl methyl sites for hydroxylation is 1. The summed E-state index contributed by atoms with van der Waals surface area (Å²) in [6.07, 6.45) is 0. The van der Waals surface area contributed by atoms with Gasteiger partial charge < -0.3 is 14.0 Å². The summed E-state index contributed by atoms with van der Waals surface area (Å²) < 4.78 is 17.6. The topological polar surface area (TPSA) is 92.3 Å². The molecule has 0 unspecified atom stereocenters. The van der Waals surface area contributed by atoms with Gasteiger partial charge in [-0.3, -0.25) is 4.79 Å². The van der Waals surface area contributed by atoms with Crippen molar-refractivity contribution in [1.29, 1.82) is 0 Å². The Morgan fingerprint density at radius 1 is 0.879 bits per heavy atom. The lowest BCUT2D eigenvalue weighted by molar-refractivity contribution is 0.355. The van der Waals surface area contributed by atoms with Crippen LogP contribution in [0.15, 0.2) is 76.0 Å². The van der Waals surface area contributed by atoms with Gasteiger partial charge in [-0.15, -0.1) is 0 Å². The molecule has 0 aliphatic rings. The van der Waals surface area contributed by atoms with Crippen LogP contribution in [-0.4, -0.2) is 34.1 Å². The number of para-hydroxylation sites is 1. The van der Waals surface area contributed by atoms with Crippen molar-refractivity contribution >= 4 is 10.8 Å². The van der Waals surface area contributed by atoms with E-state index in [0.717, 1.165) is 5.56 Å². The molecule has 5 aromatic rings. The smallest absolute Gasteiger partial charge is 0.279 e. The minimum Gasteiger partial charge on any atom is -0.493 e. The maximum absolute atomic E-state index is 13.2. The predicted molar refractivity (Wildman–Crippen MR) is 124 cm³/mol. The summed E-state index contributed by atoms with van der Waals surface area (Å²) in [4.78, 5) is 17.8. The molecule has 0 saturated carbocycles. The molecule has 0 aliphatic carbocycles. The van der Waals surface area contributed by atoms with Gasteiger partial charge in [-0.1, -0.05) is 41.6 Å². The van der Waals surface area contributed by atoms with E-state index in [1.165, 1.54) is 4.68 Å². The molecule has 5 rings (SSSR count). The number of hydrogen-bond acceptors (Lipinski definition) is 7. The minimum atomic E-state index is -0.219. The molecule has 2 heterocycles. The van der Waals surface area contributed by atoms with Crippen LogP contribution in [-0.2, 0) is 0 Å². The molecule has 2 aromatic heterocycles. The lowest BCUT2D eigenvalue weighted by Gasteiger charge is -2.11. The molecule has 0 bridgehead atoms. The molecule has 0 spiro atoms. The van der Waals surface area contributed by atoms with Crippen LogP contribution in [0.2, 0.25) is 0 Å². The number of methoxy groups -OCH3 is 2. The summed E-state index contributed by atoms with van der Waals surface area (Å²) >= 11 is 0. The second kappa shape index (κ2) is 8.23. The molecule has 164 valence electrons. The molecule has 0 N–H and O–H groups in total. The third kappa shape index (κ3) is 3.51. The highest BCUT2D eigenvalue weighted by Crippen LogP contribution is 2.32. The summed E-state index contributed by atoms with van der Waals surface area (Å²) in [7, 11) is 3.14. The molecule has 33 heavy (non-hydrogen) atoms. The molecule has 0 amide bonds. The van der Waals surface area contributed by atoms with E-state index >= 15 is 0 Å². The fourth-order valence-electron chi connectivity index (χ4n) is 3.72. The normalized spacial score (nSPS) is 11.0. The van der Waals surface area contributed by atoms with E-state index in [2.05, 4.69) is 15.2 Å². The van der Waals surface area contributed by atoms with Gasteiger partial charge >= 0.3 is 0 Å². The molecule has 8 heteroatoms. The van der Waals surface area contributed by atoms with Gasteiger partial charge in [-0.25, -0.2) is 0 Å². The van der Waals surface area contributed by atoms with Crippen molar-refractivity contribution in [3.8, 4) is 40.2 Å². The minimum absolute atomic E-state index is 0.207. The first-order chi connectivity index (χ1) is 16.1. The second-order valence-corrected chi connectivity index (χ2v) is 7.39. The zero-order valence-corrected chi connectivity index (χ0v) is 18.3. The van der Waals surface area contributed by atoms with Crippen molar-refractivity contribution in [1.82, 2.24) is 19.9 Å². The van der Waals surface area contributed by atoms with Crippen LogP contribution in [0.25, 0.3) is 39.4 Å². The Morgan fingerprint density at radius 2 is 1.61 bits per heavy atom. The Labute approximate surface area is 189 Å². The van der Waals surface area contributed by atoms with Crippen molar-refractivity contribution < 1.29 is 14.0 Å². The molecular formula is C25H20N4O4. The third-order valence-corrected chi connectivity index (χ3v) is 5.42. The summed E-state index contributed by atoms with van der Waals surface area (Å²) in [5, 5.41) is 9.91. The number of hydrogen-bond donors (Lipinski definition) is 0. The van der Waals surface area contributed by atoms with E-state index in [9.17, 15) is 4.79 Å². The van der Waals surface area contributed by atoms with Gasteiger partial charge in [-0.2, -0.15) is 14.8 Å². The van der Waals surface area contributed by atoms with Gasteiger partial charge in [0, 0.05) is 10.9 Å². The molecule has 0 aliphatic heterocycles. The Bertz CT molecular complexity index is 1540. The number of aromatic nitrogens is 4. The highest BCUT2D eigenvalue weighted by molar-refractivity contribution is 5.92. The molecule has 0 atom stereocenters. The zero-order chi connectivity index (χ0) is 22.9. The van der Waals surface area contributed by atoms with Crippen molar-refractivity contribution in [2.24, 2.45) is 0 Å². The van der Waals surface area contributed by atoms with Crippen LogP contribution in [0.5, 0.6) is 11.5 Å². The number of rotatable bonds is 5. The monoisotopic (exact) mass is 440 g/mol. The fraction of sp³-hybridized carbons (Fsp3) is 0.120. The predicted octanol–water partition coefficient (Wildman–Crippen LogP) is 4.43. The summed E-state index contributed by atoms with van der Waals surface area (Å²) in [5.41, 5.74) is 2.51. The maximum atomic E-state index is 13.2. The van der Waals surface area contributed by atoms with Crippen LogP contribution in [0, 0.1) is 6.92 Å². The Hall–Kier alpha value is -4.46. The largest absolute Gasteiger partial charge is 0.493 e. The van der Waals surface area contributed by atoms with E-state index in [1.807, 2.05) is 55.5 Å². The molecular weight excluding hydrogens is 420 g/mol. The Morgan fingerprint density at radius 3 is 2.36 bits per heavy atom. The van der Waals surface area contributed by atoms with E-state index in [1.54, 1.807) is 32.4 Å². The van der Waals surface area contributed by atoms with Gasteiger partial charge in [0.2, 0.25) is 5.82 Å². The Balaban J connectivity index is 1.69. The lowest BCUT2D eigenvalue weighted by Crippen LogP contribution is -2.23. The summed E-state index contributed by atoms with van der Waals surface area (Å²) in [6, 6.07) is 20.2.